The number of nitrogens with zero attached hydrogens (tertiary/aromatic N) is 1. The maximum Gasteiger partial charge on any atom is 0.226 e. The molecule has 0 aliphatic heterocycles. The number of aromatic nitrogens is 2. The SMILES string of the molecule is CC(=O)NC(C)(C)CC(=O)Nc1cccc(Nc2ccc3c(/C=C/c4ccccc4)n[nH]c3c2)c1. The predicted molar refractivity (Wildman–Crippen MR) is 142 cm³/mol. The van der Waals surface area contributed by atoms with Gasteiger partial charge in [0.25, 0.3) is 0 Å². The summed E-state index contributed by atoms with van der Waals surface area (Å²) in [6, 6.07) is 23.6. The summed E-state index contributed by atoms with van der Waals surface area (Å²) in [5, 5.41) is 17.6. The van der Waals surface area contributed by atoms with Gasteiger partial charge in [-0.1, -0.05) is 42.5 Å². The maximum absolute atomic E-state index is 12.5. The van der Waals surface area contributed by atoms with E-state index in [9.17, 15) is 9.59 Å². The minimum atomic E-state index is -0.625. The highest BCUT2D eigenvalue weighted by atomic mass is 16.2. The minimum absolute atomic E-state index is 0.164. The molecule has 7 heteroatoms. The Morgan fingerprint density at radius 1 is 0.914 bits per heavy atom. The number of amides is 2. The molecule has 0 unspecified atom stereocenters. The summed E-state index contributed by atoms with van der Waals surface area (Å²) in [5.41, 5.74) is 4.71. The highest BCUT2D eigenvalue weighted by Gasteiger charge is 2.22. The van der Waals surface area contributed by atoms with Crippen LogP contribution in [0.2, 0.25) is 0 Å². The fraction of sp³-hybridized carbons (Fsp3) is 0.179. The number of hydrogen-bond donors (Lipinski definition) is 4. The van der Waals surface area contributed by atoms with Crippen molar-refractivity contribution in [1.82, 2.24) is 15.5 Å². The molecule has 4 N–H and O–H groups in total. The van der Waals surface area contributed by atoms with Crippen molar-refractivity contribution in [2.24, 2.45) is 0 Å². The molecule has 1 heterocycles. The van der Waals surface area contributed by atoms with Crippen LogP contribution >= 0.6 is 0 Å². The molecule has 0 saturated heterocycles. The van der Waals surface area contributed by atoms with Crippen LogP contribution in [0.5, 0.6) is 0 Å². The molecule has 0 saturated carbocycles. The summed E-state index contributed by atoms with van der Waals surface area (Å²) in [6.45, 7) is 5.08. The van der Waals surface area contributed by atoms with Crippen molar-refractivity contribution >= 4 is 51.9 Å². The molecule has 0 aliphatic carbocycles. The van der Waals surface area contributed by atoms with Crippen LogP contribution in [0.25, 0.3) is 23.1 Å². The Labute approximate surface area is 204 Å². The van der Waals surface area contributed by atoms with Gasteiger partial charge in [0.15, 0.2) is 0 Å². The van der Waals surface area contributed by atoms with E-state index in [-0.39, 0.29) is 18.2 Å². The van der Waals surface area contributed by atoms with Gasteiger partial charge in [0.2, 0.25) is 11.8 Å². The number of benzene rings is 3. The van der Waals surface area contributed by atoms with Crippen molar-refractivity contribution in [2.45, 2.75) is 32.7 Å². The largest absolute Gasteiger partial charge is 0.355 e. The number of anilines is 3. The summed E-state index contributed by atoms with van der Waals surface area (Å²) >= 11 is 0. The first-order valence-electron chi connectivity index (χ1n) is 11.4. The number of rotatable bonds is 8. The van der Waals surface area contributed by atoms with Crippen LogP contribution in [0.1, 0.15) is 38.4 Å². The van der Waals surface area contributed by atoms with Crippen LogP contribution in [0.3, 0.4) is 0 Å². The van der Waals surface area contributed by atoms with Gasteiger partial charge in [0.05, 0.1) is 11.2 Å². The van der Waals surface area contributed by atoms with E-state index < -0.39 is 5.54 Å². The topological polar surface area (TPSA) is 98.9 Å². The molecule has 4 rings (SSSR count). The van der Waals surface area contributed by atoms with E-state index in [1.165, 1.54) is 6.92 Å². The van der Waals surface area contributed by atoms with E-state index in [1.807, 2.05) is 98.8 Å². The lowest BCUT2D eigenvalue weighted by Crippen LogP contribution is -2.44. The number of H-pyrrole nitrogens is 1. The highest BCUT2D eigenvalue weighted by Crippen LogP contribution is 2.25. The van der Waals surface area contributed by atoms with E-state index in [1.54, 1.807) is 0 Å². The zero-order valence-corrected chi connectivity index (χ0v) is 20.1. The first-order chi connectivity index (χ1) is 16.8. The van der Waals surface area contributed by atoms with Crippen molar-refractivity contribution in [1.29, 1.82) is 0 Å². The second-order valence-corrected chi connectivity index (χ2v) is 9.11. The van der Waals surface area contributed by atoms with Gasteiger partial charge in [-0.25, -0.2) is 0 Å². The van der Waals surface area contributed by atoms with Crippen molar-refractivity contribution in [3.05, 3.63) is 84.1 Å². The van der Waals surface area contributed by atoms with E-state index in [2.05, 4.69) is 26.1 Å². The number of carbonyl (C=O) groups excluding carboxylic acids is 2. The van der Waals surface area contributed by atoms with Gasteiger partial charge >= 0.3 is 0 Å². The van der Waals surface area contributed by atoms with Gasteiger partial charge in [-0.05, 0) is 61.9 Å². The van der Waals surface area contributed by atoms with Crippen molar-refractivity contribution in [3.63, 3.8) is 0 Å². The summed E-state index contributed by atoms with van der Waals surface area (Å²) in [5.74, 6) is -0.335. The standard InChI is InChI=1S/C28H29N5O2/c1-19(34)31-28(2,3)18-27(35)30-22-11-7-10-21(16-22)29-23-13-14-24-25(32-33-26(24)17-23)15-12-20-8-5-4-6-9-20/h4-17,29H,18H2,1-3H3,(H,30,35)(H,31,34)(H,32,33)/b15-12+. The molecular weight excluding hydrogens is 438 g/mol. The average Bonchev–Trinajstić information content (AvgIpc) is 3.19. The first-order valence-corrected chi connectivity index (χ1v) is 11.4. The Bertz CT molecular complexity index is 1370. The van der Waals surface area contributed by atoms with Crippen LogP contribution < -0.4 is 16.0 Å². The molecule has 4 aromatic rings. The summed E-state index contributed by atoms with van der Waals surface area (Å²) < 4.78 is 0. The Hall–Kier alpha value is -4.39. The van der Waals surface area contributed by atoms with Crippen LogP contribution in [0.15, 0.2) is 72.8 Å². The van der Waals surface area contributed by atoms with Crippen LogP contribution in [-0.2, 0) is 9.59 Å². The van der Waals surface area contributed by atoms with Gasteiger partial charge in [-0.2, -0.15) is 5.10 Å². The van der Waals surface area contributed by atoms with E-state index in [0.717, 1.165) is 33.5 Å². The first kappa shape index (κ1) is 23.8. The van der Waals surface area contributed by atoms with Crippen LogP contribution in [-0.4, -0.2) is 27.6 Å². The summed E-state index contributed by atoms with van der Waals surface area (Å²) in [6.07, 6.45) is 4.21. The quantitative estimate of drug-likeness (QED) is 0.266. The Morgan fingerprint density at radius 3 is 2.43 bits per heavy atom. The van der Waals surface area contributed by atoms with Crippen molar-refractivity contribution in [2.75, 3.05) is 10.6 Å². The molecule has 7 nitrogen and oxygen atoms in total. The minimum Gasteiger partial charge on any atom is -0.355 e. The normalized spacial score (nSPS) is 11.5. The number of aromatic amines is 1. The molecule has 0 aliphatic rings. The van der Waals surface area contributed by atoms with E-state index in [0.29, 0.717) is 5.69 Å². The number of nitrogens with one attached hydrogen (secondary N) is 4. The molecule has 0 atom stereocenters. The fourth-order valence-electron chi connectivity index (χ4n) is 3.95. The van der Waals surface area contributed by atoms with Crippen molar-refractivity contribution < 1.29 is 9.59 Å². The lowest BCUT2D eigenvalue weighted by molar-refractivity contribution is -0.121. The number of fused-ring (bicyclic) bond motifs is 1. The lowest BCUT2D eigenvalue weighted by atomic mass is 10.00. The molecule has 1 aromatic heterocycles. The molecule has 0 bridgehead atoms. The van der Waals surface area contributed by atoms with Gasteiger partial charge < -0.3 is 16.0 Å². The molecule has 3 aromatic carbocycles. The van der Waals surface area contributed by atoms with Crippen LogP contribution in [0, 0.1) is 0 Å². The third-order valence-corrected chi connectivity index (χ3v) is 5.38. The predicted octanol–water partition coefficient (Wildman–Crippen LogP) is 5.72. The Balaban J connectivity index is 1.43. The average molecular weight is 468 g/mol. The highest BCUT2D eigenvalue weighted by molar-refractivity contribution is 5.93. The molecule has 35 heavy (non-hydrogen) atoms. The second kappa shape index (κ2) is 10.3. The summed E-state index contributed by atoms with van der Waals surface area (Å²) in [4.78, 5) is 23.8. The molecule has 0 fully saturated rings. The third kappa shape index (κ3) is 6.57. The lowest BCUT2D eigenvalue weighted by Gasteiger charge is -2.24. The van der Waals surface area contributed by atoms with Gasteiger partial charge in [0.1, 0.15) is 0 Å². The van der Waals surface area contributed by atoms with E-state index >= 15 is 0 Å². The molecule has 2 amide bonds. The third-order valence-electron chi connectivity index (χ3n) is 5.38. The van der Waals surface area contributed by atoms with Gasteiger partial charge in [-0.3, -0.25) is 14.7 Å². The second-order valence-electron chi connectivity index (χ2n) is 9.11. The van der Waals surface area contributed by atoms with Crippen LogP contribution in [0.4, 0.5) is 17.1 Å². The Morgan fingerprint density at radius 2 is 1.66 bits per heavy atom. The summed E-state index contributed by atoms with van der Waals surface area (Å²) in [7, 11) is 0. The molecule has 0 spiro atoms. The van der Waals surface area contributed by atoms with E-state index in [4.69, 9.17) is 0 Å². The molecular formula is C28H29N5O2. The molecule has 0 radical (unpaired) electrons. The Kier molecular flexibility index (Phi) is 6.96. The zero-order valence-electron chi connectivity index (χ0n) is 20.1. The number of carbonyl (C=O) groups is 2. The molecule has 178 valence electrons. The number of hydrogen-bond acceptors (Lipinski definition) is 4. The monoisotopic (exact) mass is 467 g/mol. The zero-order chi connectivity index (χ0) is 24.8. The van der Waals surface area contributed by atoms with Gasteiger partial charge in [-0.15, -0.1) is 0 Å². The smallest absolute Gasteiger partial charge is 0.226 e. The van der Waals surface area contributed by atoms with Crippen molar-refractivity contribution in [3.8, 4) is 0 Å². The fourth-order valence-corrected chi connectivity index (χ4v) is 3.95. The maximum atomic E-state index is 12.5. The van der Waals surface area contributed by atoms with Gasteiger partial charge in [0, 0.05) is 41.3 Å².